The van der Waals surface area contributed by atoms with Crippen LogP contribution in [0.1, 0.15) is 52.8 Å². The molecule has 8 heteroatoms. The highest BCUT2D eigenvalue weighted by molar-refractivity contribution is 7.11. The van der Waals surface area contributed by atoms with Gasteiger partial charge in [-0.3, -0.25) is 9.78 Å². The third kappa shape index (κ3) is 2.90. The van der Waals surface area contributed by atoms with E-state index in [0.717, 1.165) is 18.5 Å². The van der Waals surface area contributed by atoms with Crippen LogP contribution in [0, 0.1) is 0 Å². The number of hydrogen-bond donors (Lipinski definition) is 2. The summed E-state index contributed by atoms with van der Waals surface area (Å²) in [5.74, 6) is 0.792. The van der Waals surface area contributed by atoms with Crippen molar-refractivity contribution in [1.29, 1.82) is 0 Å². The Morgan fingerprint density at radius 1 is 1.48 bits per heavy atom. The molecule has 0 radical (unpaired) electrons. The summed E-state index contributed by atoms with van der Waals surface area (Å²) in [5, 5.41) is 6.12. The van der Waals surface area contributed by atoms with Crippen LogP contribution in [0.15, 0.2) is 10.3 Å². The van der Waals surface area contributed by atoms with Crippen molar-refractivity contribution in [3.05, 3.63) is 32.4 Å². The second-order valence-electron chi connectivity index (χ2n) is 5.33. The standard InChI is InChI=1S/C13H17N5O2S/c1-18(6-9-15-13(20)17-16-9)12(19)11-10(14-7-21-11)8-4-2-3-5-8/h7-8H,2-6H2,1H3,(H2,15,16,17,20). The van der Waals surface area contributed by atoms with E-state index in [2.05, 4.69) is 20.2 Å². The number of nitrogens with one attached hydrogen (secondary N) is 2. The van der Waals surface area contributed by atoms with Crippen molar-refractivity contribution < 1.29 is 4.79 Å². The van der Waals surface area contributed by atoms with E-state index < -0.39 is 0 Å². The average Bonchev–Trinajstić information content (AvgIpc) is 3.18. The summed E-state index contributed by atoms with van der Waals surface area (Å²) in [7, 11) is 1.70. The van der Waals surface area contributed by atoms with Gasteiger partial charge in [0.1, 0.15) is 4.88 Å². The van der Waals surface area contributed by atoms with E-state index >= 15 is 0 Å². The lowest BCUT2D eigenvalue weighted by atomic mass is 10.0. The van der Waals surface area contributed by atoms with Gasteiger partial charge in [0.05, 0.1) is 17.7 Å². The topological polar surface area (TPSA) is 94.7 Å². The van der Waals surface area contributed by atoms with Crippen molar-refractivity contribution >= 4 is 17.2 Å². The van der Waals surface area contributed by atoms with Gasteiger partial charge >= 0.3 is 5.69 Å². The normalized spacial score (nSPS) is 15.5. The zero-order valence-electron chi connectivity index (χ0n) is 11.8. The molecule has 0 saturated heterocycles. The van der Waals surface area contributed by atoms with Crippen molar-refractivity contribution in [2.75, 3.05) is 7.05 Å². The highest BCUT2D eigenvalue weighted by atomic mass is 32.1. The van der Waals surface area contributed by atoms with Crippen LogP contribution in [0.5, 0.6) is 0 Å². The average molecular weight is 307 g/mol. The molecule has 2 heterocycles. The van der Waals surface area contributed by atoms with Gasteiger partial charge in [0.15, 0.2) is 5.82 Å². The number of nitrogens with zero attached hydrogens (tertiary/aromatic N) is 3. The first-order chi connectivity index (χ1) is 10.1. The van der Waals surface area contributed by atoms with Gasteiger partial charge in [0.2, 0.25) is 0 Å². The Balaban J connectivity index is 1.75. The number of rotatable bonds is 4. The van der Waals surface area contributed by atoms with Crippen LogP contribution in [-0.4, -0.2) is 38.0 Å². The Bertz CT molecular complexity index is 683. The minimum Gasteiger partial charge on any atom is -0.333 e. The van der Waals surface area contributed by atoms with Crippen molar-refractivity contribution in [1.82, 2.24) is 25.1 Å². The third-order valence-corrected chi connectivity index (χ3v) is 4.65. The number of aromatic amines is 2. The highest BCUT2D eigenvalue weighted by Gasteiger charge is 2.27. The molecule has 2 aromatic heterocycles. The number of carbonyl (C=O) groups excluding carboxylic acids is 1. The van der Waals surface area contributed by atoms with E-state index in [1.54, 1.807) is 17.5 Å². The van der Waals surface area contributed by atoms with Crippen LogP contribution in [0.25, 0.3) is 0 Å². The zero-order valence-corrected chi connectivity index (χ0v) is 12.6. The molecule has 112 valence electrons. The van der Waals surface area contributed by atoms with Crippen LogP contribution in [0.4, 0.5) is 0 Å². The molecule has 1 fully saturated rings. The van der Waals surface area contributed by atoms with E-state index in [1.807, 2.05) is 0 Å². The number of thiazole rings is 1. The molecule has 0 spiro atoms. The molecule has 7 nitrogen and oxygen atoms in total. The summed E-state index contributed by atoms with van der Waals surface area (Å²) in [6.07, 6.45) is 4.64. The van der Waals surface area contributed by atoms with E-state index in [0.29, 0.717) is 16.6 Å². The summed E-state index contributed by atoms with van der Waals surface area (Å²) < 4.78 is 0. The lowest BCUT2D eigenvalue weighted by molar-refractivity contribution is 0.0784. The molecule has 1 saturated carbocycles. The fourth-order valence-corrected chi connectivity index (χ4v) is 3.62. The van der Waals surface area contributed by atoms with Crippen molar-refractivity contribution in [3.63, 3.8) is 0 Å². The Kier molecular flexibility index (Phi) is 3.87. The first-order valence-electron chi connectivity index (χ1n) is 6.97. The Morgan fingerprint density at radius 2 is 2.24 bits per heavy atom. The molecule has 0 bridgehead atoms. The SMILES string of the molecule is CN(Cc1n[nH]c(=O)[nH]1)C(=O)c1scnc1C1CCCC1. The first-order valence-corrected chi connectivity index (χ1v) is 7.85. The van der Waals surface area contributed by atoms with Crippen molar-refractivity contribution in [2.45, 2.75) is 38.1 Å². The van der Waals surface area contributed by atoms with Crippen LogP contribution >= 0.6 is 11.3 Å². The second kappa shape index (κ2) is 5.80. The molecular formula is C13H17N5O2S. The smallest absolute Gasteiger partial charge is 0.333 e. The van der Waals surface area contributed by atoms with Gasteiger partial charge in [-0.1, -0.05) is 12.8 Å². The molecule has 1 aliphatic rings. The first kappa shape index (κ1) is 14.0. The molecule has 2 aromatic rings. The number of hydrogen-bond acceptors (Lipinski definition) is 5. The monoisotopic (exact) mass is 307 g/mol. The molecule has 0 aromatic carbocycles. The van der Waals surface area contributed by atoms with Crippen LogP contribution in [-0.2, 0) is 6.54 Å². The maximum atomic E-state index is 12.6. The van der Waals surface area contributed by atoms with Crippen LogP contribution < -0.4 is 5.69 Å². The minimum absolute atomic E-state index is 0.0664. The largest absolute Gasteiger partial charge is 0.340 e. The Labute approximate surface area is 125 Å². The third-order valence-electron chi connectivity index (χ3n) is 3.81. The maximum Gasteiger partial charge on any atom is 0.340 e. The van der Waals surface area contributed by atoms with Crippen LogP contribution in [0.3, 0.4) is 0 Å². The highest BCUT2D eigenvalue weighted by Crippen LogP contribution is 2.36. The van der Waals surface area contributed by atoms with Gasteiger partial charge < -0.3 is 4.90 Å². The summed E-state index contributed by atoms with van der Waals surface area (Å²) >= 11 is 1.39. The quantitative estimate of drug-likeness (QED) is 0.894. The van der Waals surface area contributed by atoms with Gasteiger partial charge in [0.25, 0.3) is 5.91 Å². The predicted octanol–water partition coefficient (Wildman–Crippen LogP) is 1.48. The fraction of sp³-hybridized carbons (Fsp3) is 0.538. The van der Waals surface area contributed by atoms with E-state index in [-0.39, 0.29) is 18.1 Å². The molecule has 21 heavy (non-hydrogen) atoms. The van der Waals surface area contributed by atoms with Crippen LogP contribution in [0.2, 0.25) is 0 Å². The molecule has 3 rings (SSSR count). The zero-order chi connectivity index (χ0) is 14.8. The number of carbonyl (C=O) groups is 1. The van der Waals surface area contributed by atoms with Crippen molar-refractivity contribution in [3.8, 4) is 0 Å². The second-order valence-corrected chi connectivity index (χ2v) is 6.19. The number of aromatic nitrogens is 4. The Morgan fingerprint density at radius 3 is 2.90 bits per heavy atom. The number of amides is 1. The summed E-state index contributed by atoms with van der Waals surface area (Å²) in [5.41, 5.74) is 2.31. The van der Waals surface area contributed by atoms with Crippen molar-refractivity contribution in [2.24, 2.45) is 0 Å². The summed E-state index contributed by atoms with van der Waals surface area (Å²) in [6, 6.07) is 0. The van der Waals surface area contributed by atoms with E-state index in [9.17, 15) is 9.59 Å². The predicted molar refractivity (Wildman–Crippen MR) is 78.3 cm³/mol. The fourth-order valence-electron chi connectivity index (χ4n) is 2.75. The van der Waals surface area contributed by atoms with E-state index in [4.69, 9.17) is 0 Å². The van der Waals surface area contributed by atoms with E-state index in [1.165, 1.54) is 24.2 Å². The molecule has 1 amide bonds. The molecular weight excluding hydrogens is 290 g/mol. The van der Waals surface area contributed by atoms with Gasteiger partial charge in [0, 0.05) is 13.0 Å². The van der Waals surface area contributed by atoms with Gasteiger partial charge in [-0.05, 0) is 12.8 Å². The Hall–Kier alpha value is -1.96. The molecule has 1 aliphatic carbocycles. The molecule has 0 unspecified atom stereocenters. The lowest BCUT2D eigenvalue weighted by Crippen LogP contribution is -2.27. The summed E-state index contributed by atoms with van der Waals surface area (Å²) in [4.78, 5) is 32.8. The number of H-pyrrole nitrogens is 2. The molecule has 0 atom stereocenters. The summed E-state index contributed by atoms with van der Waals surface area (Å²) in [6.45, 7) is 0.263. The maximum absolute atomic E-state index is 12.6. The lowest BCUT2D eigenvalue weighted by Gasteiger charge is -2.16. The van der Waals surface area contributed by atoms with Gasteiger partial charge in [-0.2, -0.15) is 5.10 Å². The molecule has 0 aliphatic heterocycles. The minimum atomic E-state index is -0.365. The molecule has 2 N–H and O–H groups in total. The van der Waals surface area contributed by atoms with Gasteiger partial charge in [-0.25, -0.2) is 14.9 Å². The van der Waals surface area contributed by atoms with Gasteiger partial charge in [-0.15, -0.1) is 11.3 Å².